The van der Waals surface area contributed by atoms with Crippen LogP contribution in [0.25, 0.3) is 11.5 Å². The fraction of sp³-hybridized carbons (Fsp3) is 0.158. The Morgan fingerprint density at radius 2 is 2.00 bits per heavy atom. The van der Waals surface area contributed by atoms with Crippen molar-refractivity contribution in [1.82, 2.24) is 10.2 Å². The molecule has 0 N–H and O–H groups in total. The number of nitrogens with zero attached hydrogens (tertiary/aromatic N) is 3. The van der Waals surface area contributed by atoms with Gasteiger partial charge in [-0.25, -0.2) is 4.79 Å². The van der Waals surface area contributed by atoms with E-state index in [0.717, 1.165) is 11.1 Å². The van der Waals surface area contributed by atoms with Crippen molar-refractivity contribution in [2.24, 2.45) is 0 Å². The van der Waals surface area contributed by atoms with Gasteiger partial charge in [0.25, 0.3) is 5.89 Å². The number of aromatic nitrogens is 2. The number of benzene rings is 2. The number of nitriles is 1. The van der Waals surface area contributed by atoms with E-state index in [-0.39, 0.29) is 19.1 Å². The van der Waals surface area contributed by atoms with Crippen LogP contribution in [0, 0.1) is 18.3 Å². The second-order valence-corrected chi connectivity index (χ2v) is 5.46. The first-order valence-corrected chi connectivity index (χ1v) is 7.82. The molecule has 0 saturated heterocycles. The Balaban J connectivity index is 1.49. The van der Waals surface area contributed by atoms with E-state index < -0.39 is 5.97 Å². The van der Waals surface area contributed by atoms with Crippen LogP contribution in [-0.2, 0) is 16.1 Å². The van der Waals surface area contributed by atoms with Crippen LogP contribution in [0.15, 0.2) is 52.9 Å². The summed E-state index contributed by atoms with van der Waals surface area (Å²) in [5, 5.41) is 16.5. The molecule has 3 rings (SSSR count). The van der Waals surface area contributed by atoms with Gasteiger partial charge < -0.3 is 13.9 Å². The summed E-state index contributed by atoms with van der Waals surface area (Å²) in [7, 11) is 0. The lowest BCUT2D eigenvalue weighted by molar-refractivity contribution is -0.148. The van der Waals surface area contributed by atoms with Crippen molar-refractivity contribution in [3.63, 3.8) is 0 Å². The maximum absolute atomic E-state index is 11.7. The summed E-state index contributed by atoms with van der Waals surface area (Å²) in [6.07, 6.45) is 0. The summed E-state index contributed by atoms with van der Waals surface area (Å²) in [4.78, 5) is 11.7. The first kappa shape index (κ1) is 17.2. The van der Waals surface area contributed by atoms with Gasteiger partial charge in [-0.05, 0) is 43.3 Å². The molecule has 0 amide bonds. The monoisotopic (exact) mass is 349 g/mol. The van der Waals surface area contributed by atoms with E-state index in [1.807, 2.05) is 37.3 Å². The third kappa shape index (κ3) is 4.45. The zero-order chi connectivity index (χ0) is 18.4. The summed E-state index contributed by atoms with van der Waals surface area (Å²) < 4.78 is 15.8. The van der Waals surface area contributed by atoms with Crippen LogP contribution in [0.4, 0.5) is 0 Å². The minimum Gasteiger partial charge on any atom is -0.482 e. The highest BCUT2D eigenvalue weighted by Gasteiger charge is 2.11. The number of hydrogen-bond donors (Lipinski definition) is 0. The molecule has 0 aliphatic heterocycles. The Bertz CT molecular complexity index is 942. The number of carbonyl (C=O) groups excluding carboxylic acids is 1. The van der Waals surface area contributed by atoms with Crippen molar-refractivity contribution in [1.29, 1.82) is 5.26 Å². The quantitative estimate of drug-likeness (QED) is 0.631. The van der Waals surface area contributed by atoms with Crippen LogP contribution in [0.2, 0.25) is 0 Å². The smallest absolute Gasteiger partial charge is 0.344 e. The molecule has 130 valence electrons. The number of hydrogen-bond acceptors (Lipinski definition) is 7. The second kappa shape index (κ2) is 7.94. The normalized spacial score (nSPS) is 10.2. The van der Waals surface area contributed by atoms with Crippen molar-refractivity contribution < 1.29 is 18.7 Å². The zero-order valence-electron chi connectivity index (χ0n) is 14.0. The van der Waals surface area contributed by atoms with Crippen LogP contribution in [-0.4, -0.2) is 22.8 Å². The van der Waals surface area contributed by atoms with Gasteiger partial charge in [0.05, 0.1) is 11.6 Å². The topological polar surface area (TPSA) is 98.2 Å². The molecule has 7 heteroatoms. The number of ether oxygens (including phenoxy) is 2. The van der Waals surface area contributed by atoms with Gasteiger partial charge in [0.1, 0.15) is 5.75 Å². The molecule has 2 aromatic carbocycles. The van der Waals surface area contributed by atoms with E-state index in [2.05, 4.69) is 10.2 Å². The predicted molar refractivity (Wildman–Crippen MR) is 90.9 cm³/mol. The fourth-order valence-corrected chi connectivity index (χ4v) is 2.16. The fourth-order valence-electron chi connectivity index (χ4n) is 2.16. The Hall–Kier alpha value is -3.66. The molecule has 3 aromatic rings. The van der Waals surface area contributed by atoms with Gasteiger partial charge in [0.15, 0.2) is 13.2 Å². The molecule has 0 unspecified atom stereocenters. The number of esters is 1. The lowest BCUT2D eigenvalue weighted by Gasteiger charge is -2.05. The number of rotatable bonds is 6. The van der Waals surface area contributed by atoms with Crippen LogP contribution in [0.3, 0.4) is 0 Å². The molecule has 26 heavy (non-hydrogen) atoms. The minimum atomic E-state index is -0.565. The standard InChI is InChI=1S/C19H15N3O4/c1-13-3-2-4-15(9-13)19-22-21-17(26-19)11-25-18(23)12-24-16-7-5-14(10-20)6-8-16/h2-9H,11-12H2,1H3. The highest BCUT2D eigenvalue weighted by atomic mass is 16.6. The van der Waals surface area contributed by atoms with Crippen LogP contribution < -0.4 is 4.74 Å². The third-order valence-electron chi connectivity index (χ3n) is 3.43. The van der Waals surface area contributed by atoms with E-state index in [1.54, 1.807) is 24.3 Å². The molecule has 0 saturated carbocycles. The largest absolute Gasteiger partial charge is 0.482 e. The molecule has 1 aromatic heterocycles. The summed E-state index contributed by atoms with van der Waals surface area (Å²) in [5.74, 6) is 0.479. The summed E-state index contributed by atoms with van der Waals surface area (Å²) in [5.41, 5.74) is 2.40. The number of carbonyl (C=O) groups is 1. The Morgan fingerprint density at radius 1 is 1.19 bits per heavy atom. The predicted octanol–water partition coefficient (Wildman–Crippen LogP) is 3.04. The highest BCUT2D eigenvalue weighted by molar-refractivity contribution is 5.71. The number of aryl methyl sites for hydroxylation is 1. The van der Waals surface area contributed by atoms with Crippen molar-refractivity contribution in [2.75, 3.05) is 6.61 Å². The molecule has 0 aliphatic rings. The Morgan fingerprint density at radius 3 is 2.73 bits per heavy atom. The van der Waals surface area contributed by atoms with Gasteiger partial charge in [0.2, 0.25) is 5.89 Å². The van der Waals surface area contributed by atoms with Gasteiger partial charge in [-0.1, -0.05) is 17.7 Å². The van der Waals surface area contributed by atoms with Gasteiger partial charge in [0, 0.05) is 5.56 Å². The molecular weight excluding hydrogens is 334 g/mol. The lowest BCUT2D eigenvalue weighted by Crippen LogP contribution is -2.14. The zero-order valence-corrected chi connectivity index (χ0v) is 14.0. The van der Waals surface area contributed by atoms with Gasteiger partial charge in [-0.15, -0.1) is 10.2 Å². The Labute approximate surface area is 149 Å². The van der Waals surface area contributed by atoms with Gasteiger partial charge in [-0.2, -0.15) is 5.26 Å². The van der Waals surface area contributed by atoms with E-state index >= 15 is 0 Å². The van der Waals surface area contributed by atoms with Crippen LogP contribution >= 0.6 is 0 Å². The highest BCUT2D eigenvalue weighted by Crippen LogP contribution is 2.19. The van der Waals surface area contributed by atoms with Gasteiger partial charge >= 0.3 is 5.97 Å². The van der Waals surface area contributed by atoms with E-state index in [9.17, 15) is 4.79 Å². The SMILES string of the molecule is Cc1cccc(-c2nnc(COC(=O)COc3ccc(C#N)cc3)o2)c1. The molecule has 0 aliphatic carbocycles. The van der Waals surface area contributed by atoms with E-state index in [0.29, 0.717) is 17.2 Å². The van der Waals surface area contributed by atoms with Crippen LogP contribution in [0.1, 0.15) is 17.0 Å². The molecule has 7 nitrogen and oxygen atoms in total. The third-order valence-corrected chi connectivity index (χ3v) is 3.43. The lowest BCUT2D eigenvalue weighted by atomic mass is 10.1. The first-order valence-electron chi connectivity index (χ1n) is 7.82. The van der Waals surface area contributed by atoms with Crippen molar-refractivity contribution in [3.8, 4) is 23.3 Å². The summed E-state index contributed by atoms with van der Waals surface area (Å²) >= 11 is 0. The minimum absolute atomic E-state index is 0.131. The maximum atomic E-state index is 11.7. The van der Waals surface area contributed by atoms with E-state index in [4.69, 9.17) is 19.2 Å². The molecule has 0 radical (unpaired) electrons. The maximum Gasteiger partial charge on any atom is 0.344 e. The molecule has 1 heterocycles. The summed E-state index contributed by atoms with van der Waals surface area (Å²) in [6, 6.07) is 16.1. The Kier molecular flexibility index (Phi) is 5.25. The molecule has 0 atom stereocenters. The molecule has 0 bridgehead atoms. The van der Waals surface area contributed by atoms with Crippen molar-refractivity contribution >= 4 is 5.97 Å². The van der Waals surface area contributed by atoms with Crippen LogP contribution in [0.5, 0.6) is 5.75 Å². The van der Waals surface area contributed by atoms with Crippen molar-refractivity contribution in [3.05, 3.63) is 65.5 Å². The second-order valence-electron chi connectivity index (χ2n) is 5.46. The average Bonchev–Trinajstić information content (AvgIpc) is 3.14. The van der Waals surface area contributed by atoms with Gasteiger partial charge in [-0.3, -0.25) is 0 Å². The molecule has 0 spiro atoms. The average molecular weight is 349 g/mol. The summed E-state index contributed by atoms with van der Waals surface area (Å²) in [6.45, 7) is 1.58. The van der Waals surface area contributed by atoms with Crippen molar-refractivity contribution in [2.45, 2.75) is 13.5 Å². The molecule has 0 fully saturated rings. The first-order chi connectivity index (χ1) is 12.6. The molecular formula is C19H15N3O4. The van der Waals surface area contributed by atoms with E-state index in [1.165, 1.54) is 0 Å².